The fourth-order valence-corrected chi connectivity index (χ4v) is 0.309. The normalized spacial score (nSPS) is 12.2. The lowest BCUT2D eigenvalue weighted by Crippen LogP contribution is -2.29. The van der Waals surface area contributed by atoms with Crippen molar-refractivity contribution in [3.8, 4) is 0 Å². The molecular weight excluding hydrogens is 142 g/mol. The van der Waals surface area contributed by atoms with E-state index in [1.807, 2.05) is 0 Å². The number of carbonyl (C=O) groups excluding carboxylic acids is 1. The van der Waals surface area contributed by atoms with Crippen molar-refractivity contribution in [3.05, 3.63) is 0 Å². The van der Waals surface area contributed by atoms with Gasteiger partial charge in [0, 0.05) is 0 Å². The molecule has 1 unspecified atom stereocenters. The number of carbonyl (C=O) groups is 2. The van der Waals surface area contributed by atoms with E-state index < -0.39 is 24.4 Å². The lowest BCUT2D eigenvalue weighted by Gasteiger charge is -2.01. The SMILES string of the molecule is O=C(CC(O)C(=O)O)NO. The van der Waals surface area contributed by atoms with Crippen LogP contribution in [0.4, 0.5) is 0 Å². The number of carboxylic acids is 1. The van der Waals surface area contributed by atoms with Crippen molar-refractivity contribution in [2.24, 2.45) is 0 Å². The summed E-state index contributed by atoms with van der Waals surface area (Å²) in [6, 6.07) is 0. The van der Waals surface area contributed by atoms with Gasteiger partial charge in [-0.2, -0.15) is 0 Å². The average molecular weight is 149 g/mol. The number of carboxylic acid groups (broad SMARTS) is 1. The quantitative estimate of drug-likeness (QED) is 0.283. The Bertz CT molecular complexity index is 145. The summed E-state index contributed by atoms with van der Waals surface area (Å²) in [6.07, 6.45) is -2.40. The molecule has 6 nitrogen and oxygen atoms in total. The lowest BCUT2D eigenvalue weighted by molar-refractivity contribution is -0.150. The molecule has 0 spiro atoms. The summed E-state index contributed by atoms with van der Waals surface area (Å²) in [6.45, 7) is 0. The molecular formula is C4H7NO5. The second-order valence-corrected chi connectivity index (χ2v) is 1.59. The number of nitrogens with one attached hydrogen (secondary N) is 1. The Morgan fingerprint density at radius 3 is 2.30 bits per heavy atom. The summed E-state index contributed by atoms with van der Waals surface area (Å²) in [7, 11) is 0. The van der Waals surface area contributed by atoms with Crippen LogP contribution in [0.5, 0.6) is 0 Å². The van der Waals surface area contributed by atoms with Gasteiger partial charge in [0.25, 0.3) is 0 Å². The van der Waals surface area contributed by atoms with E-state index in [4.69, 9.17) is 15.4 Å². The molecule has 1 atom stereocenters. The molecule has 10 heavy (non-hydrogen) atoms. The van der Waals surface area contributed by atoms with Crippen LogP contribution in [0.15, 0.2) is 0 Å². The molecule has 0 aromatic rings. The van der Waals surface area contributed by atoms with Gasteiger partial charge in [-0.25, -0.2) is 10.3 Å². The molecule has 0 aromatic heterocycles. The van der Waals surface area contributed by atoms with Crippen LogP contribution in [0.25, 0.3) is 0 Å². The number of rotatable bonds is 3. The maximum Gasteiger partial charge on any atom is 0.333 e. The largest absolute Gasteiger partial charge is 0.479 e. The number of hydrogen-bond donors (Lipinski definition) is 4. The number of aliphatic hydroxyl groups excluding tert-OH is 1. The van der Waals surface area contributed by atoms with Gasteiger partial charge in [0.2, 0.25) is 5.91 Å². The van der Waals surface area contributed by atoms with E-state index in [2.05, 4.69) is 0 Å². The number of aliphatic hydroxyl groups is 1. The summed E-state index contributed by atoms with van der Waals surface area (Å²) in [4.78, 5) is 20.0. The van der Waals surface area contributed by atoms with E-state index in [0.29, 0.717) is 0 Å². The van der Waals surface area contributed by atoms with Crippen molar-refractivity contribution in [2.45, 2.75) is 12.5 Å². The number of amides is 1. The first-order chi connectivity index (χ1) is 4.57. The van der Waals surface area contributed by atoms with E-state index in [9.17, 15) is 9.59 Å². The van der Waals surface area contributed by atoms with Gasteiger partial charge in [-0.1, -0.05) is 0 Å². The molecule has 0 bridgehead atoms. The van der Waals surface area contributed by atoms with Gasteiger partial charge in [-0.05, 0) is 0 Å². The molecule has 4 N–H and O–H groups in total. The minimum Gasteiger partial charge on any atom is -0.479 e. The fourth-order valence-electron chi connectivity index (χ4n) is 0.309. The van der Waals surface area contributed by atoms with Crippen molar-refractivity contribution in [1.82, 2.24) is 5.48 Å². The second-order valence-electron chi connectivity index (χ2n) is 1.59. The number of aliphatic carboxylic acids is 1. The molecule has 58 valence electrons. The van der Waals surface area contributed by atoms with Crippen LogP contribution in [0.3, 0.4) is 0 Å². The lowest BCUT2D eigenvalue weighted by atomic mass is 10.2. The highest BCUT2D eigenvalue weighted by molar-refractivity contribution is 5.82. The highest BCUT2D eigenvalue weighted by Crippen LogP contribution is 1.89. The van der Waals surface area contributed by atoms with Crippen LogP contribution in [0.1, 0.15) is 6.42 Å². The Kier molecular flexibility index (Phi) is 3.37. The van der Waals surface area contributed by atoms with E-state index >= 15 is 0 Å². The molecule has 0 aliphatic heterocycles. The summed E-state index contributed by atoms with van der Waals surface area (Å²) in [5.41, 5.74) is 1.19. The Morgan fingerprint density at radius 2 is 2.00 bits per heavy atom. The molecule has 0 fully saturated rings. The third kappa shape index (κ3) is 3.00. The van der Waals surface area contributed by atoms with Crippen molar-refractivity contribution < 1.29 is 25.0 Å². The molecule has 0 saturated carbocycles. The topological polar surface area (TPSA) is 107 Å². The first-order valence-corrected chi connectivity index (χ1v) is 2.41. The van der Waals surface area contributed by atoms with Crippen molar-refractivity contribution in [2.75, 3.05) is 0 Å². The molecule has 0 radical (unpaired) electrons. The zero-order chi connectivity index (χ0) is 8.15. The monoisotopic (exact) mass is 149 g/mol. The second kappa shape index (κ2) is 3.80. The Labute approximate surface area is 56.0 Å². The van der Waals surface area contributed by atoms with Crippen LogP contribution >= 0.6 is 0 Å². The maximum absolute atomic E-state index is 10.1. The highest BCUT2D eigenvalue weighted by Gasteiger charge is 2.16. The minimum absolute atomic E-state index is 0.647. The molecule has 0 aliphatic carbocycles. The zero-order valence-electron chi connectivity index (χ0n) is 4.94. The third-order valence-electron chi connectivity index (χ3n) is 0.789. The van der Waals surface area contributed by atoms with Gasteiger partial charge in [-0.15, -0.1) is 0 Å². The van der Waals surface area contributed by atoms with Crippen LogP contribution in [-0.4, -0.2) is 33.4 Å². The van der Waals surface area contributed by atoms with Gasteiger partial charge in [-0.3, -0.25) is 10.0 Å². The maximum atomic E-state index is 10.1. The smallest absolute Gasteiger partial charge is 0.333 e. The predicted octanol–water partition coefficient (Wildman–Crippen LogP) is -1.67. The van der Waals surface area contributed by atoms with Gasteiger partial charge in [0.15, 0.2) is 6.10 Å². The predicted molar refractivity (Wildman–Crippen MR) is 28.2 cm³/mol. The molecule has 0 aliphatic rings. The summed E-state index contributed by atoms with van der Waals surface area (Å²) >= 11 is 0. The van der Waals surface area contributed by atoms with Crippen LogP contribution in [0, 0.1) is 0 Å². The number of hydrogen-bond acceptors (Lipinski definition) is 4. The van der Waals surface area contributed by atoms with E-state index in [1.165, 1.54) is 5.48 Å². The molecule has 0 heterocycles. The van der Waals surface area contributed by atoms with Gasteiger partial charge >= 0.3 is 5.97 Å². The first-order valence-electron chi connectivity index (χ1n) is 2.41. The first kappa shape index (κ1) is 8.86. The molecule has 6 heteroatoms. The van der Waals surface area contributed by atoms with E-state index in [1.54, 1.807) is 0 Å². The zero-order valence-corrected chi connectivity index (χ0v) is 4.94. The van der Waals surface area contributed by atoms with Crippen LogP contribution in [0.2, 0.25) is 0 Å². The Balaban J connectivity index is 3.68. The van der Waals surface area contributed by atoms with Gasteiger partial charge in [0.05, 0.1) is 6.42 Å². The Hall–Kier alpha value is -1.14. The molecule has 1 amide bonds. The summed E-state index contributed by atoms with van der Waals surface area (Å²) in [5.74, 6) is -2.43. The average Bonchev–Trinajstić information content (AvgIpc) is 1.87. The Morgan fingerprint density at radius 1 is 1.50 bits per heavy atom. The molecule has 0 rings (SSSR count). The minimum atomic E-state index is -1.76. The standard InChI is InChI=1S/C4H7NO5/c6-2(4(8)9)1-3(7)5-10/h2,6,10H,1H2,(H,5,7)(H,8,9). The van der Waals surface area contributed by atoms with Crippen LogP contribution < -0.4 is 5.48 Å². The molecule has 0 aromatic carbocycles. The van der Waals surface area contributed by atoms with Crippen molar-refractivity contribution in [1.29, 1.82) is 0 Å². The van der Waals surface area contributed by atoms with Crippen molar-refractivity contribution >= 4 is 11.9 Å². The fraction of sp³-hybridized carbons (Fsp3) is 0.500. The van der Waals surface area contributed by atoms with Gasteiger partial charge in [0.1, 0.15) is 0 Å². The van der Waals surface area contributed by atoms with E-state index in [-0.39, 0.29) is 0 Å². The van der Waals surface area contributed by atoms with Gasteiger partial charge < -0.3 is 10.2 Å². The van der Waals surface area contributed by atoms with Crippen LogP contribution in [-0.2, 0) is 9.59 Å². The summed E-state index contributed by atoms with van der Waals surface area (Å²) < 4.78 is 0. The summed E-state index contributed by atoms with van der Waals surface area (Å²) in [5, 5.41) is 24.3. The highest BCUT2D eigenvalue weighted by atomic mass is 16.5. The van der Waals surface area contributed by atoms with Crippen molar-refractivity contribution in [3.63, 3.8) is 0 Å². The van der Waals surface area contributed by atoms with E-state index in [0.717, 1.165) is 0 Å². The third-order valence-corrected chi connectivity index (χ3v) is 0.789. The molecule has 0 saturated heterocycles. The number of hydroxylamine groups is 1.